The van der Waals surface area contributed by atoms with Gasteiger partial charge < -0.3 is 14.2 Å². The lowest BCUT2D eigenvalue weighted by Crippen LogP contribution is -2.17. The first kappa shape index (κ1) is 27.0. The van der Waals surface area contributed by atoms with Crippen molar-refractivity contribution in [2.75, 3.05) is 13.7 Å². The predicted molar refractivity (Wildman–Crippen MR) is 128 cm³/mol. The average Bonchev–Trinajstić information content (AvgIpc) is 2.87. The van der Waals surface area contributed by atoms with Crippen molar-refractivity contribution in [2.24, 2.45) is 5.10 Å². The van der Waals surface area contributed by atoms with Gasteiger partial charge in [-0.15, -0.1) is 0 Å². The van der Waals surface area contributed by atoms with Crippen LogP contribution in [0.5, 0.6) is 23.0 Å². The highest BCUT2D eigenvalue weighted by atomic mass is 19.4. The monoisotopic (exact) mass is 517 g/mol. The van der Waals surface area contributed by atoms with Crippen LogP contribution in [0.4, 0.5) is 18.9 Å². The minimum atomic E-state index is -4.74. The van der Waals surface area contributed by atoms with Gasteiger partial charge in [-0.3, -0.25) is 14.9 Å². The Labute approximate surface area is 209 Å². The average molecular weight is 517 g/mol. The fourth-order valence-corrected chi connectivity index (χ4v) is 3.08. The summed E-state index contributed by atoms with van der Waals surface area (Å²) in [6, 6.07) is 12.8. The Morgan fingerprint density at radius 2 is 1.84 bits per heavy atom. The maximum absolute atomic E-state index is 12.9. The highest BCUT2D eigenvalue weighted by Gasteiger charge is 2.33. The van der Waals surface area contributed by atoms with Gasteiger partial charge in [0.25, 0.3) is 5.91 Å². The molecule has 0 aliphatic carbocycles. The quantitative estimate of drug-likeness (QED) is 0.202. The van der Waals surface area contributed by atoms with Crippen LogP contribution >= 0.6 is 0 Å². The first-order chi connectivity index (χ1) is 17.6. The predicted octanol–water partition coefficient (Wildman–Crippen LogP) is 5.97. The Bertz CT molecular complexity index is 1310. The summed E-state index contributed by atoms with van der Waals surface area (Å²) in [5.74, 6) is 0.150. The molecule has 0 radical (unpaired) electrons. The number of carbonyl (C=O) groups excluding carboxylic acids is 1. The Balaban J connectivity index is 1.71. The van der Waals surface area contributed by atoms with E-state index in [2.05, 4.69) is 10.5 Å². The van der Waals surface area contributed by atoms with E-state index in [0.717, 1.165) is 12.5 Å². The molecule has 0 aromatic heterocycles. The van der Waals surface area contributed by atoms with Gasteiger partial charge in [0, 0.05) is 11.6 Å². The van der Waals surface area contributed by atoms with E-state index in [4.69, 9.17) is 14.2 Å². The number of carbonyl (C=O) groups is 1. The molecule has 1 N–H and O–H groups in total. The molecule has 3 rings (SSSR count). The lowest BCUT2D eigenvalue weighted by molar-refractivity contribution is -0.385. The van der Waals surface area contributed by atoms with Crippen LogP contribution in [-0.4, -0.2) is 30.8 Å². The molecule has 0 aliphatic rings. The number of nitrogens with one attached hydrogen (secondary N) is 1. The van der Waals surface area contributed by atoms with Crippen molar-refractivity contribution in [3.8, 4) is 23.0 Å². The molecule has 0 aliphatic heterocycles. The molecule has 9 nitrogen and oxygen atoms in total. The fraction of sp³-hybridized carbons (Fsp3) is 0.200. The second kappa shape index (κ2) is 11.9. The summed E-state index contributed by atoms with van der Waals surface area (Å²) in [5.41, 5.74) is 1.11. The number of benzene rings is 3. The third-order valence-corrected chi connectivity index (χ3v) is 4.84. The molecule has 0 spiro atoms. The van der Waals surface area contributed by atoms with E-state index >= 15 is 0 Å². The standard InChI is InChI=1S/C25H22F3N3O6/c1-3-11-36-22-9-7-17(13-23(22)35-2)24(32)30-29-15-16-5-4-6-19(12-16)37-21-10-8-18(25(26,27)28)14-20(21)31(33)34/h4-10,12-15H,3,11H2,1-2H3,(H,30,32)/b29-15+. The number of nitrogens with zero attached hydrogens (tertiary/aromatic N) is 2. The first-order valence-corrected chi connectivity index (χ1v) is 10.9. The number of hydrogen-bond donors (Lipinski definition) is 1. The van der Waals surface area contributed by atoms with E-state index < -0.39 is 28.3 Å². The maximum atomic E-state index is 12.9. The molecule has 0 fully saturated rings. The van der Waals surface area contributed by atoms with Crippen molar-refractivity contribution in [3.63, 3.8) is 0 Å². The van der Waals surface area contributed by atoms with Crippen LogP contribution in [-0.2, 0) is 6.18 Å². The number of rotatable bonds is 10. The number of halogens is 3. The summed E-state index contributed by atoms with van der Waals surface area (Å²) < 4.78 is 55.0. The van der Waals surface area contributed by atoms with Gasteiger partial charge in [0.15, 0.2) is 11.5 Å². The van der Waals surface area contributed by atoms with Crippen LogP contribution in [0.25, 0.3) is 0 Å². The zero-order valence-corrected chi connectivity index (χ0v) is 19.7. The summed E-state index contributed by atoms with van der Waals surface area (Å²) in [4.78, 5) is 22.8. The minimum absolute atomic E-state index is 0.116. The number of alkyl halides is 3. The lowest BCUT2D eigenvalue weighted by atomic mass is 10.2. The van der Waals surface area contributed by atoms with Gasteiger partial charge in [0.05, 0.1) is 30.4 Å². The molecule has 0 saturated carbocycles. The van der Waals surface area contributed by atoms with Crippen LogP contribution < -0.4 is 19.6 Å². The smallest absolute Gasteiger partial charge is 0.416 e. The van der Waals surface area contributed by atoms with Crippen LogP contribution in [0.15, 0.2) is 65.8 Å². The Hall–Kier alpha value is -4.61. The summed E-state index contributed by atoms with van der Waals surface area (Å²) in [5, 5.41) is 15.2. The van der Waals surface area contributed by atoms with E-state index in [1.165, 1.54) is 31.5 Å². The number of amides is 1. The van der Waals surface area contributed by atoms with Crippen molar-refractivity contribution in [1.82, 2.24) is 5.43 Å². The topological polar surface area (TPSA) is 112 Å². The molecule has 12 heteroatoms. The van der Waals surface area contributed by atoms with Crippen LogP contribution in [0.2, 0.25) is 0 Å². The molecule has 0 atom stereocenters. The third kappa shape index (κ3) is 7.19. The van der Waals surface area contributed by atoms with Crippen molar-refractivity contribution < 1.29 is 37.1 Å². The van der Waals surface area contributed by atoms with E-state index in [9.17, 15) is 28.1 Å². The zero-order chi connectivity index (χ0) is 27.0. The Kier molecular flexibility index (Phi) is 8.67. The summed E-state index contributed by atoms with van der Waals surface area (Å²) >= 11 is 0. The molecule has 0 saturated heterocycles. The summed E-state index contributed by atoms with van der Waals surface area (Å²) in [6.07, 6.45) is -2.62. The van der Waals surface area contributed by atoms with Gasteiger partial charge in [0.1, 0.15) is 5.75 Å². The molecule has 194 valence electrons. The Morgan fingerprint density at radius 3 is 2.51 bits per heavy atom. The maximum Gasteiger partial charge on any atom is 0.416 e. The second-order valence-corrected chi connectivity index (χ2v) is 7.53. The zero-order valence-electron chi connectivity index (χ0n) is 19.7. The molecule has 0 heterocycles. The lowest BCUT2D eigenvalue weighted by Gasteiger charge is -2.11. The van der Waals surface area contributed by atoms with Crippen molar-refractivity contribution in [3.05, 3.63) is 87.5 Å². The van der Waals surface area contributed by atoms with Crippen LogP contribution in [0, 0.1) is 10.1 Å². The van der Waals surface area contributed by atoms with Gasteiger partial charge in [-0.05, 0) is 54.4 Å². The first-order valence-electron chi connectivity index (χ1n) is 10.9. The molecular formula is C25H22F3N3O6. The van der Waals surface area contributed by atoms with Crippen molar-refractivity contribution >= 4 is 17.8 Å². The van der Waals surface area contributed by atoms with E-state index in [-0.39, 0.29) is 17.1 Å². The van der Waals surface area contributed by atoms with Crippen LogP contribution in [0.3, 0.4) is 0 Å². The van der Waals surface area contributed by atoms with Gasteiger partial charge in [-0.25, -0.2) is 5.43 Å². The van der Waals surface area contributed by atoms with Gasteiger partial charge >= 0.3 is 11.9 Å². The third-order valence-electron chi connectivity index (χ3n) is 4.84. The van der Waals surface area contributed by atoms with Crippen LogP contribution in [0.1, 0.15) is 34.8 Å². The number of nitro benzene ring substituents is 1. The van der Waals surface area contributed by atoms with Crippen molar-refractivity contribution in [1.29, 1.82) is 0 Å². The number of ether oxygens (including phenoxy) is 3. The normalized spacial score (nSPS) is 11.3. The molecule has 3 aromatic rings. The van der Waals surface area contributed by atoms with Gasteiger partial charge in [0.2, 0.25) is 5.75 Å². The van der Waals surface area contributed by atoms with Gasteiger partial charge in [-0.1, -0.05) is 19.1 Å². The van der Waals surface area contributed by atoms with Gasteiger partial charge in [-0.2, -0.15) is 18.3 Å². The molecule has 1 amide bonds. The summed E-state index contributed by atoms with van der Waals surface area (Å²) in [6.45, 7) is 2.47. The van der Waals surface area contributed by atoms with E-state index in [0.29, 0.717) is 35.8 Å². The molecule has 3 aromatic carbocycles. The second-order valence-electron chi connectivity index (χ2n) is 7.53. The highest BCUT2D eigenvalue weighted by molar-refractivity contribution is 5.95. The number of nitro groups is 1. The minimum Gasteiger partial charge on any atom is -0.493 e. The molecule has 37 heavy (non-hydrogen) atoms. The fourth-order valence-electron chi connectivity index (χ4n) is 3.08. The summed E-state index contributed by atoms with van der Waals surface area (Å²) in [7, 11) is 1.46. The van der Waals surface area contributed by atoms with Crippen molar-refractivity contribution in [2.45, 2.75) is 19.5 Å². The molecule has 0 bridgehead atoms. The molecular weight excluding hydrogens is 495 g/mol. The van der Waals surface area contributed by atoms with E-state index in [1.807, 2.05) is 6.92 Å². The SMILES string of the molecule is CCCOc1ccc(C(=O)N/N=C/c2cccc(Oc3ccc(C(F)(F)F)cc3[N+](=O)[O-])c2)cc1OC. The largest absolute Gasteiger partial charge is 0.493 e. The highest BCUT2D eigenvalue weighted by Crippen LogP contribution is 2.38. The number of hydrogen-bond acceptors (Lipinski definition) is 7. The number of methoxy groups -OCH3 is 1. The van der Waals surface area contributed by atoms with E-state index in [1.54, 1.807) is 24.3 Å². The Morgan fingerprint density at radius 1 is 1.08 bits per heavy atom. The number of hydrazone groups is 1. The molecule has 0 unspecified atom stereocenters.